The van der Waals surface area contributed by atoms with Gasteiger partial charge in [0.25, 0.3) is 0 Å². The van der Waals surface area contributed by atoms with Gasteiger partial charge in [-0.2, -0.15) is 10.2 Å². The zero-order valence-electron chi connectivity index (χ0n) is 28.9. The topological polar surface area (TPSA) is 131 Å². The third-order valence-electron chi connectivity index (χ3n) is 6.96. The monoisotopic (exact) mass is 752 g/mol. The number of benzene rings is 2. The number of halogens is 1. The molecule has 0 aliphatic heterocycles. The van der Waals surface area contributed by atoms with Crippen molar-refractivity contribution < 1.29 is 28.5 Å². The predicted octanol–water partition coefficient (Wildman–Crippen LogP) is 7.13. The molecule has 0 unspecified atom stereocenters. The lowest BCUT2D eigenvalue weighted by Crippen LogP contribution is -2.15. The fraction of sp³-hybridized carbons (Fsp3) is 0.263. The fourth-order valence-electron chi connectivity index (χ4n) is 4.69. The van der Waals surface area contributed by atoms with E-state index in [1.807, 2.05) is 81.4 Å². The van der Waals surface area contributed by atoms with Crippen molar-refractivity contribution in [2.45, 2.75) is 47.8 Å². The van der Waals surface area contributed by atoms with Crippen LogP contribution in [-0.2, 0) is 22.7 Å². The molecule has 6 rings (SSSR count). The number of fused-ring (bicyclic) bond motifs is 2. The lowest BCUT2D eigenvalue weighted by atomic mass is 9.97. The minimum absolute atomic E-state index is 0.179. The predicted molar refractivity (Wildman–Crippen MR) is 193 cm³/mol. The largest absolute Gasteiger partial charge is 0.486 e. The van der Waals surface area contributed by atoms with Crippen LogP contribution in [0.3, 0.4) is 0 Å². The van der Waals surface area contributed by atoms with Crippen LogP contribution in [0.5, 0.6) is 11.5 Å². The third-order valence-corrected chi connectivity index (χ3v) is 7.54. The van der Waals surface area contributed by atoms with Gasteiger partial charge in [0.15, 0.2) is 34.2 Å². The second-order valence-electron chi connectivity index (χ2n) is 12.0. The quantitative estimate of drug-likeness (QED) is 0.105. The molecule has 0 bridgehead atoms. The van der Waals surface area contributed by atoms with Gasteiger partial charge in [-0.15, -0.1) is 0 Å². The standard InChI is InChI=1S/C22H23N3O3.C16H14BrN3O3/c1-5-27-21(26)19-18(28-14-16-9-7-6-8-10-16)13-17(11-12-22(2,3)4)20-23-15-24-25(19)20;1-2-22-16(21)14-13(23-9-11-6-4-3-5-7-11)8-12(17)15-18-10-19-20(14)15/h6-10,13,15H,5,14H2,1-4H3;3-8,10H,2,9H2,1H3. The van der Waals surface area contributed by atoms with Gasteiger partial charge in [-0.3, -0.25) is 0 Å². The van der Waals surface area contributed by atoms with E-state index in [1.165, 1.54) is 21.7 Å². The first-order chi connectivity index (χ1) is 24.6. The summed E-state index contributed by atoms with van der Waals surface area (Å²) in [6.45, 7) is 10.7. The van der Waals surface area contributed by atoms with Crippen LogP contribution >= 0.6 is 15.9 Å². The van der Waals surface area contributed by atoms with E-state index in [-0.39, 0.29) is 30.0 Å². The Morgan fingerprint density at radius 1 is 0.725 bits per heavy atom. The average Bonchev–Trinajstić information content (AvgIpc) is 3.81. The summed E-state index contributed by atoms with van der Waals surface area (Å²) < 4.78 is 25.7. The number of ether oxygens (including phenoxy) is 4. The van der Waals surface area contributed by atoms with Gasteiger partial charge in [0, 0.05) is 17.5 Å². The Bertz CT molecular complexity index is 2180. The fourth-order valence-corrected chi connectivity index (χ4v) is 5.17. The number of pyridine rings is 2. The SMILES string of the molecule is CCOC(=O)c1c(OCc2ccccc2)cc(Br)c2ncnn12.CCOC(=O)c1c(OCc2ccccc2)cc(C#CC(C)(C)C)c2ncnn12. The average molecular weight is 754 g/mol. The maximum absolute atomic E-state index is 12.6. The molecule has 0 N–H and O–H groups in total. The van der Waals surface area contributed by atoms with E-state index >= 15 is 0 Å². The molecule has 0 fully saturated rings. The molecule has 0 amide bonds. The Kier molecular flexibility index (Phi) is 12.0. The van der Waals surface area contributed by atoms with E-state index < -0.39 is 11.9 Å². The number of hydrogen-bond acceptors (Lipinski definition) is 10. The highest BCUT2D eigenvalue weighted by molar-refractivity contribution is 9.10. The van der Waals surface area contributed by atoms with Crippen LogP contribution in [0.2, 0.25) is 0 Å². The summed E-state index contributed by atoms with van der Waals surface area (Å²) >= 11 is 3.42. The zero-order chi connectivity index (χ0) is 36.4. The van der Waals surface area contributed by atoms with Crippen molar-refractivity contribution in [1.82, 2.24) is 29.2 Å². The van der Waals surface area contributed by atoms with Crippen LogP contribution in [0.25, 0.3) is 11.3 Å². The van der Waals surface area contributed by atoms with Crippen molar-refractivity contribution in [1.29, 1.82) is 0 Å². The maximum Gasteiger partial charge on any atom is 0.360 e. The van der Waals surface area contributed by atoms with Crippen molar-refractivity contribution in [3.8, 4) is 23.3 Å². The Morgan fingerprint density at radius 3 is 1.69 bits per heavy atom. The van der Waals surface area contributed by atoms with E-state index in [2.05, 4.69) is 47.9 Å². The van der Waals surface area contributed by atoms with Crippen molar-refractivity contribution in [3.63, 3.8) is 0 Å². The van der Waals surface area contributed by atoms with Gasteiger partial charge in [-0.05, 0) is 61.7 Å². The number of carbonyl (C=O) groups is 2. The molecule has 51 heavy (non-hydrogen) atoms. The molecule has 0 saturated carbocycles. The van der Waals surface area contributed by atoms with Crippen molar-refractivity contribution >= 4 is 39.2 Å². The van der Waals surface area contributed by atoms with Crippen molar-refractivity contribution in [2.75, 3.05) is 13.2 Å². The van der Waals surface area contributed by atoms with Crippen LogP contribution in [0.4, 0.5) is 0 Å². The van der Waals surface area contributed by atoms with Crippen LogP contribution in [0.15, 0.2) is 89.9 Å². The molecule has 262 valence electrons. The minimum Gasteiger partial charge on any atom is -0.486 e. The number of nitrogens with zero attached hydrogens (tertiary/aromatic N) is 6. The van der Waals surface area contributed by atoms with Gasteiger partial charge < -0.3 is 18.9 Å². The summed E-state index contributed by atoms with van der Waals surface area (Å²) in [5, 5.41) is 8.29. The third kappa shape index (κ3) is 9.29. The Hall–Kier alpha value is -5.74. The molecular weight excluding hydrogens is 716 g/mol. The van der Waals surface area contributed by atoms with E-state index in [0.29, 0.717) is 46.0 Å². The van der Waals surface area contributed by atoms with Gasteiger partial charge in [0.1, 0.15) is 25.9 Å². The summed E-state index contributed by atoms with van der Waals surface area (Å²) in [5.74, 6) is 6.06. The molecule has 0 atom stereocenters. The second kappa shape index (κ2) is 16.8. The van der Waals surface area contributed by atoms with Gasteiger partial charge >= 0.3 is 11.9 Å². The first kappa shape index (κ1) is 36.5. The number of hydrogen-bond donors (Lipinski definition) is 0. The summed E-state index contributed by atoms with van der Waals surface area (Å²) in [4.78, 5) is 33.3. The lowest BCUT2D eigenvalue weighted by molar-refractivity contribution is 0.0500. The molecule has 0 radical (unpaired) electrons. The number of rotatable bonds is 10. The van der Waals surface area contributed by atoms with Gasteiger partial charge in [0.2, 0.25) is 0 Å². The number of esters is 2. The van der Waals surface area contributed by atoms with Crippen LogP contribution in [0.1, 0.15) is 72.3 Å². The molecule has 6 aromatic rings. The molecule has 0 aliphatic rings. The smallest absolute Gasteiger partial charge is 0.360 e. The molecule has 4 heterocycles. The minimum atomic E-state index is -0.517. The first-order valence-corrected chi connectivity index (χ1v) is 17.0. The molecule has 13 heteroatoms. The molecular formula is C38H37BrN6O6. The van der Waals surface area contributed by atoms with E-state index in [9.17, 15) is 9.59 Å². The summed E-state index contributed by atoms with van der Waals surface area (Å²) in [6.07, 6.45) is 2.77. The molecule has 12 nitrogen and oxygen atoms in total. The van der Waals surface area contributed by atoms with Crippen LogP contribution in [0, 0.1) is 17.3 Å². The maximum atomic E-state index is 12.6. The van der Waals surface area contributed by atoms with Crippen molar-refractivity contribution in [2.24, 2.45) is 5.41 Å². The summed E-state index contributed by atoms with van der Waals surface area (Å²) in [7, 11) is 0. The first-order valence-electron chi connectivity index (χ1n) is 16.2. The zero-order valence-corrected chi connectivity index (χ0v) is 30.5. The number of aromatic nitrogens is 6. The Labute approximate surface area is 303 Å². The molecule has 4 aromatic heterocycles. The van der Waals surface area contributed by atoms with E-state index in [0.717, 1.165) is 11.1 Å². The van der Waals surface area contributed by atoms with Crippen LogP contribution < -0.4 is 9.47 Å². The highest BCUT2D eigenvalue weighted by Gasteiger charge is 2.24. The van der Waals surface area contributed by atoms with E-state index in [1.54, 1.807) is 26.0 Å². The molecule has 2 aromatic carbocycles. The summed E-state index contributed by atoms with van der Waals surface area (Å²) in [5.41, 5.74) is 3.89. The second-order valence-corrected chi connectivity index (χ2v) is 12.8. The molecule has 0 spiro atoms. The van der Waals surface area contributed by atoms with Gasteiger partial charge in [-0.1, -0.05) is 72.5 Å². The highest BCUT2D eigenvalue weighted by Crippen LogP contribution is 2.29. The van der Waals surface area contributed by atoms with Crippen LogP contribution in [-0.4, -0.2) is 54.3 Å². The van der Waals surface area contributed by atoms with Crippen molar-refractivity contribution in [3.05, 3.63) is 118 Å². The lowest BCUT2D eigenvalue weighted by Gasteiger charge is -2.13. The Morgan fingerprint density at radius 2 is 1.20 bits per heavy atom. The summed E-state index contributed by atoms with van der Waals surface area (Å²) in [6, 6.07) is 22.9. The molecule has 0 saturated heterocycles. The highest BCUT2D eigenvalue weighted by atomic mass is 79.9. The van der Waals surface area contributed by atoms with Gasteiger partial charge in [0.05, 0.1) is 23.2 Å². The number of carbonyl (C=O) groups excluding carboxylic acids is 2. The normalized spacial score (nSPS) is 10.9. The Balaban J connectivity index is 0.000000201. The molecule has 0 aliphatic carbocycles. The van der Waals surface area contributed by atoms with E-state index in [4.69, 9.17) is 18.9 Å². The van der Waals surface area contributed by atoms with Gasteiger partial charge in [-0.25, -0.2) is 28.6 Å².